The molecule has 1 heterocycles. The fourth-order valence-corrected chi connectivity index (χ4v) is 3.16. The number of aromatic carboxylic acids is 1. The number of esters is 1. The molecule has 0 aromatic heterocycles. The molecule has 0 bridgehead atoms. The van der Waals surface area contributed by atoms with E-state index < -0.39 is 29.0 Å². The summed E-state index contributed by atoms with van der Waals surface area (Å²) >= 11 is 5.99. The first-order valence-electron chi connectivity index (χ1n) is 7.61. The molecule has 8 nitrogen and oxygen atoms in total. The number of phenolic OH excluding ortho intramolecular Hbond substituents is 1. The van der Waals surface area contributed by atoms with Gasteiger partial charge >= 0.3 is 11.9 Å². The Labute approximate surface area is 157 Å². The van der Waals surface area contributed by atoms with Crippen molar-refractivity contribution < 1.29 is 39.2 Å². The molecule has 3 rings (SSSR count). The predicted octanol–water partition coefficient (Wildman–Crippen LogP) is 3.51. The number of aldehydes is 1. The van der Waals surface area contributed by atoms with Crippen molar-refractivity contribution in [3.8, 4) is 28.7 Å². The van der Waals surface area contributed by atoms with Crippen LogP contribution < -0.4 is 9.47 Å². The largest absolute Gasteiger partial charge is 0.507 e. The number of hydrogen-bond donors (Lipinski definition) is 3. The minimum Gasteiger partial charge on any atom is -0.507 e. The number of carbonyl (C=O) groups excluding carboxylic acids is 2. The van der Waals surface area contributed by atoms with Crippen molar-refractivity contribution in [3.05, 3.63) is 38.4 Å². The summed E-state index contributed by atoms with van der Waals surface area (Å²) in [5.41, 5.74) is -0.947. The van der Waals surface area contributed by atoms with Gasteiger partial charge in [0.25, 0.3) is 0 Å². The van der Waals surface area contributed by atoms with Crippen LogP contribution >= 0.6 is 11.6 Å². The number of fused-ring (bicyclic) bond motifs is 2. The van der Waals surface area contributed by atoms with Gasteiger partial charge in [0.05, 0.1) is 5.02 Å². The van der Waals surface area contributed by atoms with Crippen LogP contribution in [0.3, 0.4) is 0 Å². The Hall–Kier alpha value is -3.26. The predicted molar refractivity (Wildman–Crippen MR) is 92.8 cm³/mol. The van der Waals surface area contributed by atoms with Crippen LogP contribution in [0.15, 0.2) is 0 Å². The van der Waals surface area contributed by atoms with Crippen molar-refractivity contribution in [1.29, 1.82) is 0 Å². The van der Waals surface area contributed by atoms with Gasteiger partial charge in [-0.25, -0.2) is 9.59 Å². The first kappa shape index (κ1) is 18.5. The van der Waals surface area contributed by atoms with Crippen molar-refractivity contribution in [3.63, 3.8) is 0 Å². The molecule has 9 heteroatoms. The lowest BCUT2D eigenvalue weighted by Gasteiger charge is -2.17. The van der Waals surface area contributed by atoms with Crippen LogP contribution in [-0.4, -0.2) is 33.5 Å². The minimum absolute atomic E-state index is 0.0230. The van der Waals surface area contributed by atoms with Crippen LogP contribution in [0.1, 0.15) is 47.8 Å². The van der Waals surface area contributed by atoms with E-state index in [9.17, 15) is 29.7 Å². The molecular formula is C18H13ClO8. The summed E-state index contributed by atoms with van der Waals surface area (Å²) in [5.74, 6) is -4.17. The van der Waals surface area contributed by atoms with Crippen LogP contribution in [-0.2, 0) is 0 Å². The number of phenols is 2. The maximum atomic E-state index is 12.7. The van der Waals surface area contributed by atoms with E-state index in [1.165, 1.54) is 20.8 Å². The molecule has 2 aromatic carbocycles. The monoisotopic (exact) mass is 392 g/mol. The molecule has 1 aliphatic heterocycles. The van der Waals surface area contributed by atoms with Gasteiger partial charge in [0, 0.05) is 11.1 Å². The first-order valence-corrected chi connectivity index (χ1v) is 7.99. The fourth-order valence-electron chi connectivity index (χ4n) is 2.96. The van der Waals surface area contributed by atoms with Crippen molar-refractivity contribution in [2.24, 2.45) is 0 Å². The summed E-state index contributed by atoms with van der Waals surface area (Å²) in [6.07, 6.45) is 0.262. The number of carboxylic acids is 1. The van der Waals surface area contributed by atoms with E-state index in [0.29, 0.717) is 0 Å². The molecule has 0 radical (unpaired) electrons. The molecule has 0 saturated carbocycles. The number of aromatic hydroxyl groups is 2. The Balaban J connectivity index is 2.44. The second kappa shape index (κ2) is 6.17. The van der Waals surface area contributed by atoms with Crippen LogP contribution in [0.25, 0.3) is 0 Å². The summed E-state index contributed by atoms with van der Waals surface area (Å²) in [7, 11) is 0. The second-order valence-corrected chi connectivity index (χ2v) is 6.33. The molecule has 0 aliphatic carbocycles. The topological polar surface area (TPSA) is 130 Å². The fraction of sp³-hybridized carbons (Fsp3) is 0.167. The average molecular weight is 393 g/mol. The zero-order valence-corrected chi connectivity index (χ0v) is 15.1. The molecule has 27 heavy (non-hydrogen) atoms. The third kappa shape index (κ3) is 2.48. The normalized spacial score (nSPS) is 12.4. The van der Waals surface area contributed by atoms with E-state index in [2.05, 4.69) is 0 Å². The standard InChI is InChI=1S/C18H13ClO8/c1-5-10-16(8(4-20)13(22)11(5)19)26-14-6(2)9(17(23)24)12(21)7(3)15(14)27-18(10)25/h4,21-22H,1-3H3,(H,23,24). The van der Waals surface area contributed by atoms with Gasteiger partial charge in [-0.05, 0) is 26.3 Å². The van der Waals surface area contributed by atoms with Gasteiger partial charge in [0.2, 0.25) is 0 Å². The van der Waals surface area contributed by atoms with E-state index in [4.69, 9.17) is 21.1 Å². The summed E-state index contributed by atoms with van der Waals surface area (Å²) in [5, 5.41) is 29.5. The van der Waals surface area contributed by atoms with E-state index >= 15 is 0 Å². The Bertz CT molecular complexity index is 1050. The van der Waals surface area contributed by atoms with Gasteiger partial charge in [-0.3, -0.25) is 4.79 Å². The quantitative estimate of drug-likeness (QED) is 0.402. The van der Waals surface area contributed by atoms with Crippen molar-refractivity contribution in [2.75, 3.05) is 0 Å². The molecule has 3 N–H and O–H groups in total. The molecule has 2 aromatic rings. The summed E-state index contributed by atoms with van der Waals surface area (Å²) in [6.45, 7) is 4.13. The van der Waals surface area contributed by atoms with E-state index in [1.54, 1.807) is 0 Å². The molecule has 0 unspecified atom stereocenters. The van der Waals surface area contributed by atoms with Crippen molar-refractivity contribution in [1.82, 2.24) is 0 Å². The highest BCUT2D eigenvalue weighted by Gasteiger charge is 2.35. The Morgan fingerprint density at radius 2 is 1.56 bits per heavy atom. The SMILES string of the molecule is Cc1c(O)c(C(=O)O)c(C)c2c1OC(=O)c1c(C)c(Cl)c(O)c(C=O)c1O2. The number of ether oxygens (including phenoxy) is 2. The number of rotatable bonds is 2. The van der Waals surface area contributed by atoms with E-state index in [1.807, 2.05) is 0 Å². The van der Waals surface area contributed by atoms with Crippen molar-refractivity contribution >= 4 is 29.8 Å². The molecule has 0 amide bonds. The molecular weight excluding hydrogens is 380 g/mol. The van der Waals surface area contributed by atoms with Crippen LogP contribution in [0, 0.1) is 20.8 Å². The first-order chi connectivity index (χ1) is 12.6. The molecule has 0 fully saturated rings. The zero-order chi connectivity index (χ0) is 20.2. The minimum atomic E-state index is -1.42. The number of carboxylic acid groups (broad SMARTS) is 1. The van der Waals surface area contributed by atoms with Crippen LogP contribution in [0.5, 0.6) is 28.7 Å². The highest BCUT2D eigenvalue weighted by atomic mass is 35.5. The van der Waals surface area contributed by atoms with Crippen LogP contribution in [0.2, 0.25) is 5.02 Å². The zero-order valence-electron chi connectivity index (χ0n) is 14.3. The van der Waals surface area contributed by atoms with Crippen molar-refractivity contribution in [2.45, 2.75) is 20.8 Å². The summed E-state index contributed by atoms with van der Waals surface area (Å²) < 4.78 is 11.0. The summed E-state index contributed by atoms with van der Waals surface area (Å²) in [6, 6.07) is 0. The molecule has 0 atom stereocenters. The van der Waals surface area contributed by atoms with Gasteiger partial charge in [0.1, 0.15) is 28.2 Å². The van der Waals surface area contributed by atoms with Gasteiger partial charge in [0.15, 0.2) is 23.5 Å². The maximum Gasteiger partial charge on any atom is 0.347 e. The van der Waals surface area contributed by atoms with E-state index in [-0.39, 0.29) is 56.4 Å². The van der Waals surface area contributed by atoms with Gasteiger partial charge in [-0.15, -0.1) is 0 Å². The highest BCUT2D eigenvalue weighted by molar-refractivity contribution is 6.34. The molecule has 140 valence electrons. The lowest BCUT2D eigenvalue weighted by molar-refractivity contribution is 0.0691. The Morgan fingerprint density at radius 1 is 0.963 bits per heavy atom. The van der Waals surface area contributed by atoms with Crippen LogP contribution in [0.4, 0.5) is 0 Å². The number of carbonyl (C=O) groups is 3. The smallest absolute Gasteiger partial charge is 0.347 e. The molecule has 0 saturated heterocycles. The lowest BCUT2D eigenvalue weighted by atomic mass is 10.0. The third-order valence-electron chi connectivity index (χ3n) is 4.43. The lowest BCUT2D eigenvalue weighted by Crippen LogP contribution is -2.11. The van der Waals surface area contributed by atoms with Gasteiger partial charge in [-0.1, -0.05) is 11.6 Å². The Kier molecular flexibility index (Phi) is 4.23. The number of hydrogen-bond acceptors (Lipinski definition) is 7. The van der Waals surface area contributed by atoms with Gasteiger partial charge < -0.3 is 24.8 Å². The highest BCUT2D eigenvalue weighted by Crippen LogP contribution is 2.50. The Morgan fingerprint density at radius 3 is 2.11 bits per heavy atom. The molecule has 0 spiro atoms. The van der Waals surface area contributed by atoms with E-state index in [0.717, 1.165) is 0 Å². The molecule has 1 aliphatic rings. The number of halogens is 1. The number of benzene rings is 2. The second-order valence-electron chi connectivity index (χ2n) is 5.95. The summed E-state index contributed by atoms with van der Waals surface area (Å²) in [4.78, 5) is 35.7. The van der Waals surface area contributed by atoms with Gasteiger partial charge in [-0.2, -0.15) is 0 Å². The third-order valence-corrected chi connectivity index (χ3v) is 4.89. The average Bonchev–Trinajstić information content (AvgIpc) is 2.75. The maximum absolute atomic E-state index is 12.7.